The van der Waals surface area contributed by atoms with E-state index in [0.717, 1.165) is 22.0 Å². The van der Waals surface area contributed by atoms with E-state index in [1.807, 2.05) is 42.5 Å². The third-order valence-electron chi connectivity index (χ3n) is 4.80. The van der Waals surface area contributed by atoms with Crippen molar-refractivity contribution < 1.29 is 14.4 Å². The van der Waals surface area contributed by atoms with Crippen LogP contribution in [0.5, 0.6) is 0 Å². The standard InChI is InChI=1S/C22H19N3O3/c26-19(13-17-4-1-3-16-5-2-12-23-22(16)17)24-18-8-6-15(7-9-18)14-25-20(27)10-11-21(25)28/h1-9,12H,10-11,13-14H2,(H,24,26). The fourth-order valence-electron chi connectivity index (χ4n) is 3.36. The van der Waals surface area contributed by atoms with Crippen molar-refractivity contribution in [2.45, 2.75) is 25.8 Å². The van der Waals surface area contributed by atoms with Crippen molar-refractivity contribution in [2.75, 3.05) is 5.32 Å². The highest BCUT2D eigenvalue weighted by Crippen LogP contribution is 2.19. The molecule has 1 fully saturated rings. The van der Waals surface area contributed by atoms with Crippen molar-refractivity contribution in [2.24, 2.45) is 0 Å². The fourth-order valence-corrected chi connectivity index (χ4v) is 3.36. The Morgan fingerprint density at radius 1 is 0.964 bits per heavy atom. The number of carbonyl (C=O) groups is 3. The topological polar surface area (TPSA) is 79.4 Å². The minimum atomic E-state index is -0.133. The van der Waals surface area contributed by atoms with Crippen LogP contribution in [0.15, 0.2) is 60.8 Å². The predicted octanol–water partition coefficient (Wildman–Crippen LogP) is 3.07. The second-order valence-electron chi connectivity index (χ2n) is 6.79. The van der Waals surface area contributed by atoms with Gasteiger partial charge < -0.3 is 5.32 Å². The van der Waals surface area contributed by atoms with Crippen molar-refractivity contribution in [1.82, 2.24) is 9.88 Å². The zero-order valence-corrected chi connectivity index (χ0v) is 15.2. The van der Waals surface area contributed by atoms with Crippen LogP contribution in [-0.4, -0.2) is 27.6 Å². The molecule has 1 aromatic heterocycles. The third-order valence-corrected chi connectivity index (χ3v) is 4.80. The lowest BCUT2D eigenvalue weighted by Crippen LogP contribution is -2.28. The Bertz CT molecular complexity index is 1040. The Labute approximate surface area is 162 Å². The summed E-state index contributed by atoms with van der Waals surface area (Å²) in [5.41, 5.74) is 3.22. The Hall–Kier alpha value is -3.54. The second-order valence-corrected chi connectivity index (χ2v) is 6.79. The largest absolute Gasteiger partial charge is 0.326 e. The summed E-state index contributed by atoms with van der Waals surface area (Å²) < 4.78 is 0. The quantitative estimate of drug-likeness (QED) is 0.697. The molecule has 1 saturated heterocycles. The number of nitrogens with one attached hydrogen (secondary N) is 1. The number of anilines is 1. The minimum absolute atomic E-state index is 0.129. The maximum atomic E-state index is 12.4. The number of para-hydroxylation sites is 1. The van der Waals surface area contributed by atoms with Crippen LogP contribution < -0.4 is 5.32 Å². The van der Waals surface area contributed by atoms with Crippen molar-refractivity contribution in [1.29, 1.82) is 0 Å². The SMILES string of the molecule is O=C(Cc1cccc2cccnc12)Nc1ccc(CN2C(=O)CCC2=O)cc1. The summed E-state index contributed by atoms with van der Waals surface area (Å²) in [6.45, 7) is 0.271. The van der Waals surface area contributed by atoms with Gasteiger partial charge in [-0.2, -0.15) is 0 Å². The van der Waals surface area contributed by atoms with Crippen molar-refractivity contribution >= 4 is 34.3 Å². The number of aromatic nitrogens is 1. The first-order valence-corrected chi connectivity index (χ1v) is 9.15. The van der Waals surface area contributed by atoms with Gasteiger partial charge in [-0.15, -0.1) is 0 Å². The number of rotatable bonds is 5. The molecule has 2 heterocycles. The molecule has 0 spiro atoms. The van der Waals surface area contributed by atoms with Crippen LogP contribution in [0.1, 0.15) is 24.0 Å². The highest BCUT2D eigenvalue weighted by Gasteiger charge is 2.28. The van der Waals surface area contributed by atoms with Gasteiger partial charge in [-0.25, -0.2) is 0 Å². The maximum Gasteiger partial charge on any atom is 0.229 e. The molecule has 28 heavy (non-hydrogen) atoms. The van der Waals surface area contributed by atoms with Crippen LogP contribution >= 0.6 is 0 Å². The second kappa shape index (κ2) is 7.60. The molecule has 0 radical (unpaired) electrons. The number of benzene rings is 2. The number of carbonyl (C=O) groups excluding carboxylic acids is 3. The molecule has 3 amide bonds. The number of nitrogens with zero attached hydrogens (tertiary/aromatic N) is 2. The van der Waals surface area contributed by atoms with E-state index < -0.39 is 0 Å². The summed E-state index contributed by atoms with van der Waals surface area (Å²) >= 11 is 0. The molecule has 1 aliphatic heterocycles. The van der Waals surface area contributed by atoms with Crippen LogP contribution in [0.4, 0.5) is 5.69 Å². The van der Waals surface area contributed by atoms with Gasteiger partial charge in [0.2, 0.25) is 17.7 Å². The molecule has 6 nitrogen and oxygen atoms in total. The van der Waals surface area contributed by atoms with Crippen molar-refractivity contribution in [3.05, 3.63) is 71.9 Å². The van der Waals surface area contributed by atoms with E-state index in [2.05, 4.69) is 10.3 Å². The maximum absolute atomic E-state index is 12.4. The molecule has 2 aromatic carbocycles. The summed E-state index contributed by atoms with van der Waals surface area (Å²) in [5, 5.41) is 3.88. The predicted molar refractivity (Wildman–Crippen MR) is 105 cm³/mol. The summed E-state index contributed by atoms with van der Waals surface area (Å²) in [5.74, 6) is -0.395. The van der Waals surface area contributed by atoms with Crippen LogP contribution in [0, 0.1) is 0 Å². The minimum Gasteiger partial charge on any atom is -0.326 e. The van der Waals surface area contributed by atoms with Crippen LogP contribution in [0.25, 0.3) is 10.9 Å². The summed E-state index contributed by atoms with van der Waals surface area (Å²) in [7, 11) is 0. The van der Waals surface area contributed by atoms with Gasteiger partial charge in [-0.1, -0.05) is 36.4 Å². The third kappa shape index (κ3) is 3.76. The zero-order valence-electron chi connectivity index (χ0n) is 15.2. The average Bonchev–Trinajstić information content (AvgIpc) is 3.02. The number of amides is 3. The molecule has 0 bridgehead atoms. The number of fused-ring (bicyclic) bond motifs is 1. The summed E-state index contributed by atoms with van der Waals surface area (Å²) in [6, 6.07) is 16.8. The molecule has 1 aliphatic rings. The first kappa shape index (κ1) is 17.9. The van der Waals surface area contributed by atoms with Gasteiger partial charge in [-0.05, 0) is 29.3 Å². The number of hydrogen-bond acceptors (Lipinski definition) is 4. The molecule has 3 aromatic rings. The smallest absolute Gasteiger partial charge is 0.229 e. The average molecular weight is 373 g/mol. The highest BCUT2D eigenvalue weighted by atomic mass is 16.2. The lowest BCUT2D eigenvalue weighted by Gasteiger charge is -2.14. The van der Waals surface area contributed by atoms with Crippen molar-refractivity contribution in [3.63, 3.8) is 0 Å². The van der Waals surface area contributed by atoms with Gasteiger partial charge in [0.25, 0.3) is 0 Å². The Morgan fingerprint density at radius 3 is 2.43 bits per heavy atom. The molecule has 1 N–H and O–H groups in total. The molecular formula is C22H19N3O3. The van der Waals surface area contributed by atoms with Gasteiger partial charge in [0.05, 0.1) is 18.5 Å². The lowest BCUT2D eigenvalue weighted by atomic mass is 10.1. The fraction of sp³-hybridized carbons (Fsp3) is 0.182. The van der Waals surface area contributed by atoms with Crippen molar-refractivity contribution in [3.8, 4) is 0 Å². The Morgan fingerprint density at radius 2 is 1.68 bits per heavy atom. The Balaban J connectivity index is 1.41. The van der Waals surface area contributed by atoms with Crippen LogP contribution in [-0.2, 0) is 27.3 Å². The van der Waals surface area contributed by atoms with E-state index in [1.165, 1.54) is 4.90 Å². The number of imide groups is 1. The first-order chi connectivity index (χ1) is 13.6. The first-order valence-electron chi connectivity index (χ1n) is 9.15. The van der Waals surface area contributed by atoms with E-state index in [9.17, 15) is 14.4 Å². The van der Waals surface area contributed by atoms with Gasteiger partial charge in [0, 0.05) is 30.1 Å². The van der Waals surface area contributed by atoms with E-state index in [0.29, 0.717) is 5.69 Å². The van der Waals surface area contributed by atoms with E-state index in [-0.39, 0.29) is 43.5 Å². The molecule has 6 heteroatoms. The summed E-state index contributed by atoms with van der Waals surface area (Å²) in [4.78, 5) is 41.5. The van der Waals surface area contributed by atoms with Gasteiger partial charge in [-0.3, -0.25) is 24.3 Å². The summed E-state index contributed by atoms with van der Waals surface area (Å²) in [6.07, 6.45) is 2.53. The van der Waals surface area contributed by atoms with Gasteiger partial charge in [0.15, 0.2) is 0 Å². The van der Waals surface area contributed by atoms with Gasteiger partial charge in [0.1, 0.15) is 0 Å². The van der Waals surface area contributed by atoms with Gasteiger partial charge >= 0.3 is 0 Å². The monoisotopic (exact) mass is 373 g/mol. The van der Waals surface area contributed by atoms with Crippen LogP contribution in [0.2, 0.25) is 0 Å². The Kier molecular flexibility index (Phi) is 4.85. The number of pyridine rings is 1. The normalized spacial score (nSPS) is 13.9. The molecule has 4 rings (SSSR count). The zero-order chi connectivity index (χ0) is 19.5. The molecule has 0 atom stereocenters. The lowest BCUT2D eigenvalue weighted by molar-refractivity contribution is -0.139. The molecule has 0 unspecified atom stereocenters. The van der Waals surface area contributed by atoms with E-state index >= 15 is 0 Å². The molecule has 0 saturated carbocycles. The molecular weight excluding hydrogens is 354 g/mol. The number of likely N-dealkylation sites (tertiary alicyclic amines) is 1. The van der Waals surface area contributed by atoms with Crippen LogP contribution in [0.3, 0.4) is 0 Å². The molecule has 0 aliphatic carbocycles. The highest BCUT2D eigenvalue weighted by molar-refractivity contribution is 6.01. The van der Waals surface area contributed by atoms with E-state index in [1.54, 1.807) is 18.3 Å². The molecule has 140 valence electrons. The van der Waals surface area contributed by atoms with E-state index in [4.69, 9.17) is 0 Å². The number of hydrogen-bond donors (Lipinski definition) is 1.